The van der Waals surface area contributed by atoms with Gasteiger partial charge in [-0.05, 0) is 31.4 Å². The molecule has 13 heavy (non-hydrogen) atoms. The second-order valence-electron chi connectivity index (χ2n) is 3.52. The highest BCUT2D eigenvalue weighted by Gasteiger charge is 2.11. The number of halogens is 2. The number of hydrogen-bond donors (Lipinski definition) is 0. The van der Waals surface area contributed by atoms with Crippen molar-refractivity contribution in [3.63, 3.8) is 0 Å². The van der Waals surface area contributed by atoms with E-state index in [1.165, 1.54) is 12.8 Å². The highest BCUT2D eigenvalue weighted by molar-refractivity contribution is 8.65. The summed E-state index contributed by atoms with van der Waals surface area (Å²) in [6.07, 6.45) is 8.65. The van der Waals surface area contributed by atoms with Crippen molar-refractivity contribution in [2.45, 2.75) is 32.6 Å². The van der Waals surface area contributed by atoms with Crippen molar-refractivity contribution in [2.75, 3.05) is 12.0 Å². The molecule has 0 aromatic carbocycles. The van der Waals surface area contributed by atoms with Crippen molar-refractivity contribution < 1.29 is 0 Å². The van der Waals surface area contributed by atoms with Gasteiger partial charge < -0.3 is 0 Å². The molecule has 0 aliphatic heterocycles. The molecule has 0 rings (SSSR count). The van der Waals surface area contributed by atoms with Crippen LogP contribution in [-0.4, -0.2) is 12.0 Å². The molecule has 0 bridgehead atoms. The number of allylic oxidation sites excluding steroid dienone is 1. The predicted molar refractivity (Wildman–Crippen MR) is 67.9 cm³/mol. The second-order valence-corrected chi connectivity index (χ2v) is 10.2. The molecule has 3 heteroatoms. The van der Waals surface area contributed by atoms with Crippen molar-refractivity contribution >= 4 is 29.8 Å². The number of rotatable bonds is 7. The molecule has 0 spiro atoms. The monoisotopic (exact) mass is 242 g/mol. The Hall–Kier alpha value is 0.670. The first kappa shape index (κ1) is 13.7. The molecule has 0 saturated heterocycles. The summed E-state index contributed by atoms with van der Waals surface area (Å²) in [6, 6.07) is 0. The van der Waals surface area contributed by atoms with Crippen LogP contribution in [0.2, 0.25) is 0 Å². The topological polar surface area (TPSA) is 0 Å². The lowest BCUT2D eigenvalue weighted by molar-refractivity contribution is 0.472. The maximum absolute atomic E-state index is 5.97. The molecule has 0 heterocycles. The van der Waals surface area contributed by atoms with Gasteiger partial charge in [0.2, 0.25) is 0 Å². The third-order valence-electron chi connectivity index (χ3n) is 2.19. The molecule has 1 atom stereocenters. The van der Waals surface area contributed by atoms with E-state index < -0.39 is 8.46 Å². The largest absolute Gasteiger partial charge is 0.103 e. The summed E-state index contributed by atoms with van der Waals surface area (Å²) in [5, 5.41) is 0. The molecule has 0 unspecified atom stereocenters. The fourth-order valence-corrected chi connectivity index (χ4v) is 2.68. The zero-order valence-electron chi connectivity index (χ0n) is 8.56. The Labute approximate surface area is 93.0 Å². The first-order valence-corrected chi connectivity index (χ1v) is 8.62. The summed E-state index contributed by atoms with van der Waals surface area (Å²) in [5.41, 5.74) is 0. The average molecular weight is 243 g/mol. The third-order valence-corrected chi connectivity index (χ3v) is 4.12. The Bertz CT molecular complexity index is 140. The Morgan fingerprint density at radius 1 is 1.46 bits per heavy atom. The van der Waals surface area contributed by atoms with Crippen LogP contribution in [0.1, 0.15) is 32.6 Å². The van der Waals surface area contributed by atoms with Crippen LogP contribution in [0.5, 0.6) is 0 Å². The van der Waals surface area contributed by atoms with Crippen molar-refractivity contribution in [3.05, 3.63) is 12.7 Å². The Balaban J connectivity index is 3.54. The molecule has 0 aromatic rings. The molecule has 0 aromatic heterocycles. The van der Waals surface area contributed by atoms with Gasteiger partial charge in [0.25, 0.3) is 0 Å². The van der Waals surface area contributed by atoms with Gasteiger partial charge in [-0.25, -0.2) is 0 Å². The van der Waals surface area contributed by atoms with Crippen LogP contribution in [0.25, 0.3) is 0 Å². The molecule has 0 aliphatic carbocycles. The lowest BCUT2D eigenvalue weighted by Gasteiger charge is -2.19. The van der Waals surface area contributed by atoms with E-state index in [0.717, 1.165) is 24.5 Å². The lowest BCUT2D eigenvalue weighted by atomic mass is 9.97. The molecule has 80 valence electrons. The summed E-state index contributed by atoms with van der Waals surface area (Å²) in [4.78, 5) is 0. The summed E-state index contributed by atoms with van der Waals surface area (Å²) in [5.74, 6) is 1.73. The van der Waals surface area contributed by atoms with E-state index in [0.29, 0.717) is 0 Å². The minimum absolute atomic E-state index is 0.771. The van der Waals surface area contributed by atoms with Gasteiger partial charge in [-0.3, -0.25) is 0 Å². The minimum atomic E-state index is -1.32. The van der Waals surface area contributed by atoms with Gasteiger partial charge in [-0.15, -0.1) is 6.58 Å². The molecular formula is C10H20Cl2S. The first-order chi connectivity index (χ1) is 5.99. The van der Waals surface area contributed by atoms with E-state index in [4.69, 9.17) is 21.4 Å². The van der Waals surface area contributed by atoms with Gasteiger partial charge >= 0.3 is 0 Å². The summed E-state index contributed by atoms with van der Waals surface area (Å²) in [7, 11) is 10.6. The minimum Gasteiger partial charge on any atom is -0.103 e. The second kappa shape index (κ2) is 7.03. The fraction of sp³-hybridized carbons (Fsp3) is 0.800. The molecule has 0 radical (unpaired) electrons. The first-order valence-electron chi connectivity index (χ1n) is 4.75. The Morgan fingerprint density at radius 2 is 2.08 bits per heavy atom. The van der Waals surface area contributed by atoms with Crippen molar-refractivity contribution in [2.24, 2.45) is 5.92 Å². The van der Waals surface area contributed by atoms with E-state index in [1.54, 1.807) is 0 Å². The van der Waals surface area contributed by atoms with E-state index in [-0.39, 0.29) is 0 Å². The summed E-state index contributed by atoms with van der Waals surface area (Å²) >= 11 is 0. The molecule has 0 N–H and O–H groups in total. The summed E-state index contributed by atoms with van der Waals surface area (Å²) in [6.45, 7) is 5.98. The molecule has 0 aliphatic rings. The van der Waals surface area contributed by atoms with Crippen LogP contribution in [0, 0.1) is 5.92 Å². The smallest absolute Gasteiger partial charge is 0.00276 e. The van der Waals surface area contributed by atoms with E-state index in [9.17, 15) is 0 Å². The normalized spacial score (nSPS) is 15.4. The van der Waals surface area contributed by atoms with Gasteiger partial charge in [0.15, 0.2) is 0 Å². The SMILES string of the molecule is C=CC[C@H](CC)CCCS(C)(Cl)Cl. The van der Waals surface area contributed by atoms with Crippen LogP contribution in [0.4, 0.5) is 0 Å². The zero-order chi connectivity index (χ0) is 10.3. The quantitative estimate of drug-likeness (QED) is 0.545. The highest BCUT2D eigenvalue weighted by atomic mass is 36.0. The van der Waals surface area contributed by atoms with Gasteiger partial charge in [-0.2, -0.15) is 0 Å². The fourth-order valence-electron chi connectivity index (χ4n) is 1.35. The van der Waals surface area contributed by atoms with Gasteiger partial charge in [0.1, 0.15) is 0 Å². The van der Waals surface area contributed by atoms with Crippen molar-refractivity contribution in [1.29, 1.82) is 0 Å². The molecule has 0 saturated carbocycles. The van der Waals surface area contributed by atoms with Crippen LogP contribution in [-0.2, 0) is 0 Å². The van der Waals surface area contributed by atoms with E-state index >= 15 is 0 Å². The maximum Gasteiger partial charge on any atom is 0.00276 e. The Kier molecular flexibility index (Phi) is 7.39. The van der Waals surface area contributed by atoms with E-state index in [1.807, 2.05) is 12.3 Å². The summed E-state index contributed by atoms with van der Waals surface area (Å²) < 4.78 is 0. The molecule has 0 nitrogen and oxygen atoms in total. The predicted octanol–water partition coefficient (Wildman–Crippen LogP) is 5.11. The molecule has 0 fully saturated rings. The van der Waals surface area contributed by atoms with Crippen molar-refractivity contribution in [3.8, 4) is 0 Å². The van der Waals surface area contributed by atoms with Crippen LogP contribution in [0.3, 0.4) is 0 Å². The van der Waals surface area contributed by atoms with Crippen molar-refractivity contribution in [1.82, 2.24) is 0 Å². The Morgan fingerprint density at radius 3 is 2.46 bits per heavy atom. The van der Waals surface area contributed by atoms with Crippen LogP contribution >= 0.6 is 29.8 Å². The van der Waals surface area contributed by atoms with Crippen LogP contribution < -0.4 is 0 Å². The van der Waals surface area contributed by atoms with Gasteiger partial charge in [0.05, 0.1) is 0 Å². The molecule has 0 amide bonds. The third kappa shape index (κ3) is 8.99. The molecular weight excluding hydrogens is 223 g/mol. The van der Waals surface area contributed by atoms with Gasteiger partial charge in [-0.1, -0.05) is 49.2 Å². The maximum atomic E-state index is 5.97. The number of hydrogen-bond acceptors (Lipinski definition) is 0. The lowest BCUT2D eigenvalue weighted by Crippen LogP contribution is -1.99. The highest BCUT2D eigenvalue weighted by Crippen LogP contribution is 2.55. The van der Waals surface area contributed by atoms with E-state index in [2.05, 4.69) is 13.5 Å². The average Bonchev–Trinajstić information content (AvgIpc) is 2.01. The zero-order valence-corrected chi connectivity index (χ0v) is 10.9. The van der Waals surface area contributed by atoms with Gasteiger partial charge in [0, 0.05) is 5.75 Å². The van der Waals surface area contributed by atoms with Crippen LogP contribution in [0.15, 0.2) is 12.7 Å². The standard InChI is InChI=1S/C10H20Cl2S/c1-4-7-10(5-2)8-6-9-13(3,11)12/h4,10H,1,5-9H2,2-3H3/t10-/m0/s1.